The third-order valence-corrected chi connectivity index (χ3v) is 12.0. The fraction of sp³-hybridized carbons (Fsp3) is 0. The first-order chi connectivity index (χ1) is 27.2. The van der Waals surface area contributed by atoms with Crippen molar-refractivity contribution in [2.24, 2.45) is 0 Å². The topological polar surface area (TPSA) is 77.6 Å². The Kier molecular flexibility index (Phi) is 7.43. The molecule has 11 aromatic rings. The molecule has 0 unspecified atom stereocenters. The zero-order valence-corrected chi connectivity index (χ0v) is 30.7. The molecule has 0 fully saturated rings. The summed E-state index contributed by atoms with van der Waals surface area (Å²) in [6, 6.07) is 55.9. The molecule has 11 rings (SSSR count). The quantitative estimate of drug-likeness (QED) is 0.169. The predicted octanol–water partition coefficient (Wildman–Crippen LogP) is 13.0. The van der Waals surface area contributed by atoms with Crippen LogP contribution in [0.1, 0.15) is 0 Å². The maximum atomic E-state index is 6.73. The zero-order chi connectivity index (χ0) is 36.3. The van der Waals surface area contributed by atoms with Gasteiger partial charge in [-0.15, -0.1) is 22.7 Å². The Bertz CT molecular complexity index is 3110. The van der Waals surface area contributed by atoms with Crippen molar-refractivity contribution in [3.63, 3.8) is 0 Å². The van der Waals surface area contributed by atoms with Crippen LogP contribution in [-0.4, -0.2) is 24.9 Å². The SMILES string of the molecule is c1ccc(-c2nc(-c3ccccc3)nc(-c3ccc4nc(-c5ccc(-c6cccc7c6oc6c(-c8nc9ccccc9s8)cccc67)cc5)sc4c3)n2)cc1. The lowest BCUT2D eigenvalue weighted by Crippen LogP contribution is -1.99. The van der Waals surface area contributed by atoms with Crippen molar-refractivity contribution < 1.29 is 4.42 Å². The van der Waals surface area contributed by atoms with Crippen molar-refractivity contribution in [2.45, 2.75) is 0 Å². The lowest BCUT2D eigenvalue weighted by Gasteiger charge is -2.08. The molecule has 0 saturated carbocycles. The number of benzene rings is 7. The Balaban J connectivity index is 0.938. The summed E-state index contributed by atoms with van der Waals surface area (Å²) in [4.78, 5) is 24.7. The second kappa shape index (κ2) is 12.9. The number of hydrogen-bond donors (Lipinski definition) is 0. The summed E-state index contributed by atoms with van der Waals surface area (Å²) in [6.07, 6.45) is 0. The Morgan fingerprint density at radius 1 is 0.345 bits per heavy atom. The number of rotatable bonds is 6. The molecule has 0 bridgehead atoms. The first-order valence-corrected chi connectivity index (χ1v) is 19.5. The fourth-order valence-electron chi connectivity index (χ4n) is 7.12. The highest BCUT2D eigenvalue weighted by molar-refractivity contribution is 7.22. The summed E-state index contributed by atoms with van der Waals surface area (Å²) < 4.78 is 8.96. The molecule has 0 N–H and O–H groups in total. The number of hydrogen-bond acceptors (Lipinski definition) is 8. The Labute approximate surface area is 323 Å². The van der Waals surface area contributed by atoms with Gasteiger partial charge in [-0.1, -0.05) is 127 Å². The number of nitrogens with zero attached hydrogens (tertiary/aromatic N) is 5. The van der Waals surface area contributed by atoms with Gasteiger partial charge in [-0.05, 0) is 42.0 Å². The summed E-state index contributed by atoms with van der Waals surface area (Å²) in [5.74, 6) is 1.91. The molecule has 0 aliphatic carbocycles. The average molecular weight is 742 g/mol. The van der Waals surface area contributed by atoms with Crippen LogP contribution in [-0.2, 0) is 0 Å². The van der Waals surface area contributed by atoms with Gasteiger partial charge >= 0.3 is 0 Å². The van der Waals surface area contributed by atoms with Crippen LogP contribution < -0.4 is 0 Å². The molecule has 4 heterocycles. The highest BCUT2D eigenvalue weighted by atomic mass is 32.1. The number of thiazole rings is 2. The minimum absolute atomic E-state index is 0.626. The summed E-state index contributed by atoms with van der Waals surface area (Å²) in [5, 5.41) is 4.09. The predicted molar refractivity (Wildman–Crippen MR) is 226 cm³/mol. The van der Waals surface area contributed by atoms with E-state index >= 15 is 0 Å². The fourth-order valence-corrected chi connectivity index (χ4v) is 9.12. The normalized spacial score (nSPS) is 11.6. The molecule has 0 amide bonds. The zero-order valence-electron chi connectivity index (χ0n) is 29.0. The van der Waals surface area contributed by atoms with Crippen LogP contribution in [0.3, 0.4) is 0 Å². The van der Waals surface area contributed by atoms with E-state index in [0.29, 0.717) is 17.5 Å². The van der Waals surface area contributed by atoms with Gasteiger partial charge in [0, 0.05) is 38.6 Å². The number of aromatic nitrogens is 5. The molecule has 0 aliphatic heterocycles. The van der Waals surface area contributed by atoms with Crippen LogP contribution in [0.5, 0.6) is 0 Å². The highest BCUT2D eigenvalue weighted by Gasteiger charge is 2.19. The molecule has 4 aromatic heterocycles. The van der Waals surface area contributed by atoms with E-state index in [0.717, 1.165) is 91.3 Å². The van der Waals surface area contributed by atoms with Crippen LogP contribution in [0.25, 0.3) is 109 Å². The van der Waals surface area contributed by atoms with Gasteiger partial charge in [0.05, 0.1) is 26.0 Å². The van der Waals surface area contributed by atoms with Crippen molar-refractivity contribution in [3.05, 3.63) is 164 Å². The number of para-hydroxylation sites is 3. The lowest BCUT2D eigenvalue weighted by atomic mass is 10.0. The molecule has 8 heteroatoms. The third kappa shape index (κ3) is 5.58. The van der Waals surface area contributed by atoms with Crippen molar-refractivity contribution in [2.75, 3.05) is 0 Å². The molecule has 0 saturated heterocycles. The molecular formula is C47H27N5OS2. The van der Waals surface area contributed by atoms with E-state index in [2.05, 4.69) is 91.0 Å². The van der Waals surface area contributed by atoms with Crippen molar-refractivity contribution in [1.82, 2.24) is 24.9 Å². The molecule has 7 aromatic carbocycles. The van der Waals surface area contributed by atoms with Crippen LogP contribution >= 0.6 is 22.7 Å². The molecule has 0 atom stereocenters. The first-order valence-electron chi connectivity index (χ1n) is 17.9. The summed E-state index contributed by atoms with van der Waals surface area (Å²) >= 11 is 3.35. The number of furan rings is 1. The van der Waals surface area contributed by atoms with Gasteiger partial charge in [-0.25, -0.2) is 24.9 Å². The Hall–Kier alpha value is -6.87. The molecule has 0 aliphatic rings. The van der Waals surface area contributed by atoms with Crippen LogP contribution in [0.15, 0.2) is 168 Å². The van der Waals surface area contributed by atoms with E-state index in [-0.39, 0.29) is 0 Å². The third-order valence-electron chi connectivity index (χ3n) is 9.84. The van der Waals surface area contributed by atoms with Gasteiger partial charge < -0.3 is 4.42 Å². The molecule has 55 heavy (non-hydrogen) atoms. The van der Waals surface area contributed by atoms with Crippen molar-refractivity contribution in [1.29, 1.82) is 0 Å². The van der Waals surface area contributed by atoms with Crippen LogP contribution in [0.2, 0.25) is 0 Å². The number of fused-ring (bicyclic) bond motifs is 5. The minimum atomic E-state index is 0.626. The Morgan fingerprint density at radius 2 is 0.873 bits per heavy atom. The van der Waals surface area contributed by atoms with E-state index in [4.69, 9.17) is 29.3 Å². The van der Waals surface area contributed by atoms with E-state index < -0.39 is 0 Å². The van der Waals surface area contributed by atoms with Crippen LogP contribution in [0, 0.1) is 0 Å². The maximum Gasteiger partial charge on any atom is 0.164 e. The van der Waals surface area contributed by atoms with Crippen molar-refractivity contribution >= 4 is 65.0 Å². The monoisotopic (exact) mass is 741 g/mol. The molecular weight excluding hydrogens is 715 g/mol. The minimum Gasteiger partial charge on any atom is -0.455 e. The van der Waals surface area contributed by atoms with Gasteiger partial charge in [-0.2, -0.15) is 0 Å². The van der Waals surface area contributed by atoms with Crippen LogP contribution in [0.4, 0.5) is 0 Å². The van der Waals surface area contributed by atoms with Gasteiger partial charge in [-0.3, -0.25) is 0 Å². The summed E-state index contributed by atoms with van der Waals surface area (Å²) in [5.41, 5.74) is 10.7. The maximum absolute atomic E-state index is 6.73. The van der Waals surface area contributed by atoms with Gasteiger partial charge in [0.2, 0.25) is 0 Å². The van der Waals surface area contributed by atoms with Gasteiger partial charge in [0.25, 0.3) is 0 Å². The molecule has 0 spiro atoms. The molecule has 6 nitrogen and oxygen atoms in total. The summed E-state index contributed by atoms with van der Waals surface area (Å²) in [6.45, 7) is 0. The van der Waals surface area contributed by atoms with E-state index in [1.807, 2.05) is 72.8 Å². The largest absolute Gasteiger partial charge is 0.455 e. The lowest BCUT2D eigenvalue weighted by molar-refractivity contribution is 0.671. The average Bonchev–Trinajstić information content (AvgIpc) is 3.99. The molecule has 0 radical (unpaired) electrons. The molecule has 258 valence electrons. The summed E-state index contributed by atoms with van der Waals surface area (Å²) in [7, 11) is 0. The van der Waals surface area contributed by atoms with E-state index in [9.17, 15) is 0 Å². The smallest absolute Gasteiger partial charge is 0.164 e. The first kappa shape index (κ1) is 31.6. The standard InChI is InChI=1S/C47H27N5OS2/c1-3-11-29(12-4-1)43-50-44(30-13-5-2-6-14-30)52-45(51-43)32-25-26-38-40(27-32)55-46(48-38)31-23-21-28(22-24-31)33-15-9-16-34-35-17-10-18-36(42(35)53-41(33)34)47-49-37-19-7-8-20-39(37)54-47/h1-27H. The van der Waals surface area contributed by atoms with Gasteiger partial charge in [0.1, 0.15) is 21.2 Å². The van der Waals surface area contributed by atoms with E-state index in [1.54, 1.807) is 22.7 Å². The van der Waals surface area contributed by atoms with E-state index in [1.165, 1.54) is 0 Å². The van der Waals surface area contributed by atoms with Gasteiger partial charge in [0.15, 0.2) is 17.5 Å². The van der Waals surface area contributed by atoms with Crippen molar-refractivity contribution in [3.8, 4) is 66.4 Å². The Morgan fingerprint density at radius 3 is 1.56 bits per heavy atom. The highest BCUT2D eigenvalue weighted by Crippen LogP contribution is 2.42. The second-order valence-corrected chi connectivity index (χ2v) is 15.3. The second-order valence-electron chi connectivity index (χ2n) is 13.3.